The average molecular weight is 296 g/mol. The Morgan fingerprint density at radius 2 is 1.86 bits per heavy atom. The Morgan fingerprint density at radius 1 is 1.09 bits per heavy atom. The van der Waals surface area contributed by atoms with E-state index in [1.54, 1.807) is 14.2 Å². The Kier molecular flexibility index (Phi) is 5.39. The van der Waals surface area contributed by atoms with Gasteiger partial charge in [-0.2, -0.15) is 0 Å². The van der Waals surface area contributed by atoms with Gasteiger partial charge in [-0.05, 0) is 48.7 Å². The molecule has 0 heterocycles. The summed E-state index contributed by atoms with van der Waals surface area (Å²) in [5, 5.41) is 0. The molecule has 0 atom stereocenters. The second kappa shape index (κ2) is 7.27. The largest absolute Gasteiger partial charge is 0.496 e. The second-order valence-electron chi connectivity index (χ2n) is 5.46. The van der Waals surface area contributed by atoms with E-state index in [2.05, 4.69) is 6.07 Å². The molecule has 0 radical (unpaired) electrons. The number of benzene rings is 2. The SMILES string of the molecule is Bc1cc(CCOC)cc(C(=O)c2ccc(OC)c(C)c2)c1. The maximum absolute atomic E-state index is 12.7. The van der Waals surface area contributed by atoms with Crippen LogP contribution in [0.4, 0.5) is 0 Å². The Hall–Kier alpha value is -2.07. The third-order valence-electron chi connectivity index (χ3n) is 3.65. The average Bonchev–Trinajstić information content (AvgIpc) is 2.51. The van der Waals surface area contributed by atoms with Gasteiger partial charge >= 0.3 is 0 Å². The fraction of sp³-hybridized carbons (Fsp3) is 0.278. The van der Waals surface area contributed by atoms with Gasteiger partial charge in [0.05, 0.1) is 13.7 Å². The van der Waals surface area contributed by atoms with Crippen molar-refractivity contribution in [1.82, 2.24) is 0 Å². The summed E-state index contributed by atoms with van der Waals surface area (Å²) in [6, 6.07) is 11.5. The van der Waals surface area contributed by atoms with Gasteiger partial charge in [0.25, 0.3) is 0 Å². The Labute approximate surface area is 132 Å². The quantitative estimate of drug-likeness (QED) is 0.601. The summed E-state index contributed by atoms with van der Waals surface area (Å²) in [5.41, 5.74) is 4.57. The zero-order valence-corrected chi connectivity index (χ0v) is 13.6. The zero-order valence-electron chi connectivity index (χ0n) is 13.6. The van der Waals surface area contributed by atoms with Crippen LogP contribution in [-0.4, -0.2) is 34.5 Å². The molecule has 0 spiro atoms. The van der Waals surface area contributed by atoms with Crippen LogP contribution in [0.1, 0.15) is 27.0 Å². The van der Waals surface area contributed by atoms with E-state index in [-0.39, 0.29) is 5.78 Å². The van der Waals surface area contributed by atoms with Crippen molar-refractivity contribution in [3.05, 3.63) is 58.7 Å². The number of hydrogen-bond acceptors (Lipinski definition) is 3. The molecule has 0 aliphatic heterocycles. The second-order valence-corrected chi connectivity index (χ2v) is 5.46. The van der Waals surface area contributed by atoms with Crippen molar-refractivity contribution in [3.8, 4) is 5.75 Å². The van der Waals surface area contributed by atoms with E-state index in [0.29, 0.717) is 12.2 Å². The maximum atomic E-state index is 12.7. The van der Waals surface area contributed by atoms with Crippen LogP contribution >= 0.6 is 0 Å². The van der Waals surface area contributed by atoms with Crippen molar-refractivity contribution in [3.63, 3.8) is 0 Å². The van der Waals surface area contributed by atoms with Gasteiger partial charge in [-0.25, -0.2) is 0 Å². The molecule has 0 aliphatic rings. The van der Waals surface area contributed by atoms with Crippen molar-refractivity contribution >= 4 is 19.1 Å². The molecule has 2 rings (SSSR count). The molecule has 4 heteroatoms. The van der Waals surface area contributed by atoms with Crippen LogP contribution in [0, 0.1) is 6.92 Å². The summed E-state index contributed by atoms with van der Waals surface area (Å²) in [4.78, 5) is 12.7. The Balaban J connectivity index is 2.32. The van der Waals surface area contributed by atoms with Gasteiger partial charge in [0.15, 0.2) is 5.78 Å². The summed E-state index contributed by atoms with van der Waals surface area (Å²) >= 11 is 0. The maximum Gasteiger partial charge on any atom is 0.193 e. The number of aryl methyl sites for hydroxylation is 1. The molecule has 0 aromatic heterocycles. The van der Waals surface area contributed by atoms with Crippen molar-refractivity contribution < 1.29 is 14.3 Å². The van der Waals surface area contributed by atoms with Crippen LogP contribution in [0.25, 0.3) is 0 Å². The van der Waals surface area contributed by atoms with E-state index < -0.39 is 0 Å². The van der Waals surface area contributed by atoms with E-state index in [9.17, 15) is 4.79 Å². The predicted molar refractivity (Wildman–Crippen MR) is 91.4 cm³/mol. The van der Waals surface area contributed by atoms with E-state index >= 15 is 0 Å². The molecular weight excluding hydrogens is 275 g/mol. The van der Waals surface area contributed by atoms with Gasteiger partial charge in [-0.1, -0.05) is 17.6 Å². The van der Waals surface area contributed by atoms with E-state index in [1.807, 2.05) is 45.1 Å². The summed E-state index contributed by atoms with van der Waals surface area (Å²) in [7, 11) is 5.32. The highest BCUT2D eigenvalue weighted by Gasteiger charge is 2.12. The van der Waals surface area contributed by atoms with Gasteiger partial charge in [-0.15, -0.1) is 0 Å². The molecule has 0 aliphatic carbocycles. The van der Waals surface area contributed by atoms with Crippen molar-refractivity contribution in [2.24, 2.45) is 0 Å². The molecule has 0 unspecified atom stereocenters. The number of carbonyl (C=O) groups excluding carboxylic acids is 1. The van der Waals surface area contributed by atoms with Gasteiger partial charge in [0.2, 0.25) is 0 Å². The predicted octanol–water partition coefficient (Wildman–Crippen LogP) is 1.68. The third kappa shape index (κ3) is 3.77. The van der Waals surface area contributed by atoms with Crippen LogP contribution in [-0.2, 0) is 11.2 Å². The lowest BCUT2D eigenvalue weighted by molar-refractivity contribution is 0.103. The van der Waals surface area contributed by atoms with E-state index in [0.717, 1.165) is 34.3 Å². The first-order valence-corrected chi connectivity index (χ1v) is 7.34. The van der Waals surface area contributed by atoms with Crippen molar-refractivity contribution in [2.45, 2.75) is 13.3 Å². The van der Waals surface area contributed by atoms with Crippen molar-refractivity contribution in [1.29, 1.82) is 0 Å². The zero-order chi connectivity index (χ0) is 16.1. The highest BCUT2D eigenvalue weighted by atomic mass is 16.5. The van der Waals surface area contributed by atoms with Gasteiger partial charge in [-0.3, -0.25) is 4.79 Å². The lowest BCUT2D eigenvalue weighted by atomic mass is 9.89. The molecule has 2 aromatic rings. The van der Waals surface area contributed by atoms with Gasteiger partial charge in [0.1, 0.15) is 13.6 Å². The number of carbonyl (C=O) groups is 1. The highest BCUT2D eigenvalue weighted by Crippen LogP contribution is 2.20. The molecule has 0 fully saturated rings. The minimum Gasteiger partial charge on any atom is -0.496 e. The minimum absolute atomic E-state index is 0.0353. The van der Waals surface area contributed by atoms with Crippen LogP contribution in [0.15, 0.2) is 36.4 Å². The third-order valence-corrected chi connectivity index (χ3v) is 3.65. The van der Waals surface area contributed by atoms with Crippen LogP contribution in [0.5, 0.6) is 5.75 Å². The summed E-state index contributed by atoms with van der Waals surface area (Å²) in [6.07, 6.45) is 0.806. The van der Waals surface area contributed by atoms with Gasteiger partial charge in [0, 0.05) is 18.2 Å². The molecule has 22 heavy (non-hydrogen) atoms. The molecule has 3 nitrogen and oxygen atoms in total. The van der Waals surface area contributed by atoms with E-state index in [4.69, 9.17) is 9.47 Å². The fourth-order valence-corrected chi connectivity index (χ4v) is 2.54. The van der Waals surface area contributed by atoms with Crippen LogP contribution in [0.3, 0.4) is 0 Å². The molecule has 0 amide bonds. The highest BCUT2D eigenvalue weighted by molar-refractivity contribution is 6.33. The number of ketones is 1. The standard InChI is InChI=1S/C18H21BO3/c1-12-8-14(4-5-17(12)22-3)18(20)15-9-13(6-7-21-2)10-16(19)11-15/h4-5,8-11H,6-7,19H2,1-3H3. The lowest BCUT2D eigenvalue weighted by Crippen LogP contribution is -2.11. The number of ether oxygens (including phenoxy) is 2. The Morgan fingerprint density at radius 3 is 2.50 bits per heavy atom. The first-order chi connectivity index (χ1) is 10.5. The number of rotatable bonds is 6. The van der Waals surface area contributed by atoms with Crippen LogP contribution in [0.2, 0.25) is 0 Å². The summed E-state index contributed by atoms with van der Waals surface area (Å²) in [5.74, 6) is 0.828. The topological polar surface area (TPSA) is 35.5 Å². The lowest BCUT2D eigenvalue weighted by Gasteiger charge is -2.09. The normalized spacial score (nSPS) is 10.5. The summed E-state index contributed by atoms with van der Waals surface area (Å²) < 4.78 is 10.4. The molecule has 2 aromatic carbocycles. The molecule has 0 saturated carbocycles. The summed E-state index contributed by atoms with van der Waals surface area (Å²) in [6.45, 7) is 2.59. The monoisotopic (exact) mass is 296 g/mol. The Bertz CT molecular complexity index is 680. The first-order valence-electron chi connectivity index (χ1n) is 7.34. The molecule has 0 bridgehead atoms. The first kappa shape index (κ1) is 16.3. The minimum atomic E-state index is 0.0353. The molecular formula is C18H21BO3. The number of hydrogen-bond donors (Lipinski definition) is 0. The molecule has 0 N–H and O–H groups in total. The van der Waals surface area contributed by atoms with Crippen LogP contribution < -0.4 is 10.2 Å². The number of methoxy groups -OCH3 is 2. The fourth-order valence-electron chi connectivity index (χ4n) is 2.54. The molecule has 0 saturated heterocycles. The van der Waals surface area contributed by atoms with Gasteiger partial charge < -0.3 is 9.47 Å². The van der Waals surface area contributed by atoms with E-state index in [1.165, 1.54) is 0 Å². The smallest absolute Gasteiger partial charge is 0.193 e. The molecule has 114 valence electrons. The van der Waals surface area contributed by atoms with Crippen molar-refractivity contribution in [2.75, 3.05) is 20.8 Å².